The molecular weight excluding hydrogens is 302 g/mol. The first-order valence-corrected chi connectivity index (χ1v) is 7.75. The van der Waals surface area contributed by atoms with E-state index in [9.17, 15) is 0 Å². The lowest BCUT2D eigenvalue weighted by Gasteiger charge is -2.35. The van der Waals surface area contributed by atoms with Gasteiger partial charge in [-0.2, -0.15) is 0 Å². The minimum atomic E-state index is 0.604. The Labute approximate surface area is 124 Å². The van der Waals surface area contributed by atoms with Gasteiger partial charge in [0.15, 0.2) is 0 Å². The van der Waals surface area contributed by atoms with Gasteiger partial charge in [-0.25, -0.2) is 0 Å². The van der Waals surface area contributed by atoms with E-state index in [1.54, 1.807) is 0 Å². The van der Waals surface area contributed by atoms with E-state index < -0.39 is 0 Å². The molecule has 0 aliphatic carbocycles. The number of likely N-dealkylation sites (tertiary alicyclic amines) is 1. The Morgan fingerprint density at radius 1 is 1.32 bits per heavy atom. The fourth-order valence-electron chi connectivity index (χ4n) is 2.68. The van der Waals surface area contributed by atoms with E-state index in [1.807, 2.05) is 0 Å². The van der Waals surface area contributed by atoms with Gasteiger partial charge in [0.1, 0.15) is 0 Å². The maximum atomic E-state index is 5.66. The highest BCUT2D eigenvalue weighted by Crippen LogP contribution is 2.22. The zero-order valence-electron chi connectivity index (χ0n) is 11.9. The summed E-state index contributed by atoms with van der Waals surface area (Å²) in [5.74, 6) is 0. The van der Waals surface area contributed by atoms with Gasteiger partial charge in [0, 0.05) is 23.6 Å². The molecule has 0 unspecified atom stereocenters. The third-order valence-corrected chi connectivity index (χ3v) is 4.77. The number of piperidine rings is 1. The monoisotopic (exact) mass is 325 g/mol. The van der Waals surface area contributed by atoms with Gasteiger partial charge in [-0.3, -0.25) is 4.90 Å². The number of hydrogen-bond donors (Lipinski definition) is 1. The summed E-state index contributed by atoms with van der Waals surface area (Å²) in [7, 11) is 4.37. The maximum Gasteiger partial charge on any atom is 0.0244 e. The van der Waals surface area contributed by atoms with E-state index in [4.69, 9.17) is 5.73 Å². The van der Waals surface area contributed by atoms with Crippen LogP contribution in [-0.4, -0.2) is 43.0 Å². The van der Waals surface area contributed by atoms with Crippen LogP contribution in [0.4, 0.5) is 0 Å². The number of rotatable bonds is 4. The largest absolute Gasteiger partial charge is 0.326 e. The summed E-state index contributed by atoms with van der Waals surface area (Å²) in [6.45, 7) is 4.01. The molecule has 0 radical (unpaired) electrons. The standard InChI is InChI=1S/C15H24BrN3/c1-18(2)14-5-7-19(8-6-14)11-13-4-3-12(10-17)9-15(13)16/h3-4,9,14H,5-8,10-11,17H2,1-2H3. The van der Waals surface area contributed by atoms with Crippen molar-refractivity contribution in [3.05, 3.63) is 33.8 Å². The summed E-state index contributed by atoms with van der Waals surface area (Å²) in [5.41, 5.74) is 8.20. The second kappa shape index (κ2) is 6.84. The molecule has 0 aromatic heterocycles. The van der Waals surface area contributed by atoms with Crippen LogP contribution in [0.25, 0.3) is 0 Å². The lowest BCUT2D eigenvalue weighted by atomic mass is 10.0. The highest BCUT2D eigenvalue weighted by Gasteiger charge is 2.20. The highest BCUT2D eigenvalue weighted by molar-refractivity contribution is 9.10. The van der Waals surface area contributed by atoms with Crippen molar-refractivity contribution < 1.29 is 0 Å². The van der Waals surface area contributed by atoms with Gasteiger partial charge in [-0.1, -0.05) is 28.1 Å². The van der Waals surface area contributed by atoms with E-state index in [0.29, 0.717) is 6.54 Å². The molecule has 0 spiro atoms. The van der Waals surface area contributed by atoms with Crippen LogP contribution in [0, 0.1) is 0 Å². The Balaban J connectivity index is 1.92. The van der Waals surface area contributed by atoms with Crippen molar-refractivity contribution >= 4 is 15.9 Å². The lowest BCUT2D eigenvalue weighted by molar-refractivity contribution is 0.140. The average molecular weight is 326 g/mol. The molecule has 1 aliphatic rings. The van der Waals surface area contributed by atoms with Gasteiger partial charge >= 0.3 is 0 Å². The van der Waals surface area contributed by atoms with Crippen molar-refractivity contribution in [2.45, 2.75) is 32.0 Å². The van der Waals surface area contributed by atoms with E-state index in [-0.39, 0.29) is 0 Å². The third-order valence-electron chi connectivity index (χ3n) is 4.03. The van der Waals surface area contributed by atoms with Crippen molar-refractivity contribution in [2.75, 3.05) is 27.2 Å². The van der Waals surface area contributed by atoms with Crippen LogP contribution in [0.2, 0.25) is 0 Å². The number of benzene rings is 1. The zero-order chi connectivity index (χ0) is 13.8. The van der Waals surface area contributed by atoms with Crippen LogP contribution in [0.3, 0.4) is 0 Å². The molecule has 3 nitrogen and oxygen atoms in total. The van der Waals surface area contributed by atoms with Gasteiger partial charge in [0.2, 0.25) is 0 Å². The summed E-state index contributed by atoms with van der Waals surface area (Å²) in [4.78, 5) is 4.89. The molecule has 0 atom stereocenters. The molecule has 1 fully saturated rings. The quantitative estimate of drug-likeness (QED) is 0.922. The highest BCUT2D eigenvalue weighted by atomic mass is 79.9. The van der Waals surface area contributed by atoms with Crippen LogP contribution >= 0.6 is 15.9 Å². The first-order valence-electron chi connectivity index (χ1n) is 6.96. The van der Waals surface area contributed by atoms with E-state index >= 15 is 0 Å². The minimum absolute atomic E-state index is 0.604. The summed E-state index contributed by atoms with van der Waals surface area (Å²) in [6.07, 6.45) is 2.54. The number of halogens is 1. The average Bonchev–Trinajstić information content (AvgIpc) is 2.41. The first-order chi connectivity index (χ1) is 9.10. The van der Waals surface area contributed by atoms with Gasteiger partial charge in [-0.05, 0) is 57.2 Å². The molecule has 4 heteroatoms. The Morgan fingerprint density at radius 2 is 2.00 bits per heavy atom. The van der Waals surface area contributed by atoms with Crippen molar-refractivity contribution in [1.29, 1.82) is 0 Å². The summed E-state index contributed by atoms with van der Waals surface area (Å²) in [6, 6.07) is 7.22. The first kappa shape index (κ1) is 15.0. The summed E-state index contributed by atoms with van der Waals surface area (Å²) in [5, 5.41) is 0. The SMILES string of the molecule is CN(C)C1CCN(Cc2ccc(CN)cc2Br)CC1. The molecule has 2 N–H and O–H groups in total. The van der Waals surface area contributed by atoms with E-state index in [0.717, 1.165) is 12.6 Å². The van der Waals surface area contributed by atoms with Crippen LogP contribution in [0.5, 0.6) is 0 Å². The van der Waals surface area contributed by atoms with Crippen molar-refractivity contribution in [2.24, 2.45) is 5.73 Å². The summed E-state index contributed by atoms with van der Waals surface area (Å²) >= 11 is 3.66. The molecule has 1 heterocycles. The second-order valence-corrected chi connectivity index (χ2v) is 6.46. The Hall–Kier alpha value is -0.420. The van der Waals surface area contributed by atoms with Gasteiger partial charge in [0.25, 0.3) is 0 Å². The molecule has 106 valence electrons. The second-order valence-electron chi connectivity index (χ2n) is 5.60. The molecule has 2 rings (SSSR count). The molecule has 19 heavy (non-hydrogen) atoms. The predicted octanol–water partition coefficient (Wildman–Crippen LogP) is 2.43. The Kier molecular flexibility index (Phi) is 5.39. The number of hydrogen-bond acceptors (Lipinski definition) is 3. The topological polar surface area (TPSA) is 32.5 Å². The van der Waals surface area contributed by atoms with Gasteiger partial charge in [0.05, 0.1) is 0 Å². The van der Waals surface area contributed by atoms with E-state index in [2.05, 4.69) is 58.0 Å². The van der Waals surface area contributed by atoms with Crippen LogP contribution < -0.4 is 5.73 Å². The normalized spacial score (nSPS) is 18.2. The fourth-order valence-corrected chi connectivity index (χ4v) is 3.23. The fraction of sp³-hybridized carbons (Fsp3) is 0.600. The summed E-state index contributed by atoms with van der Waals surface area (Å²) < 4.78 is 1.19. The molecule has 0 amide bonds. The Morgan fingerprint density at radius 3 is 2.53 bits per heavy atom. The van der Waals surface area contributed by atoms with Crippen molar-refractivity contribution in [1.82, 2.24) is 9.80 Å². The number of nitrogens with zero attached hydrogens (tertiary/aromatic N) is 2. The zero-order valence-corrected chi connectivity index (χ0v) is 13.5. The van der Waals surface area contributed by atoms with Gasteiger partial charge in [-0.15, -0.1) is 0 Å². The molecule has 1 saturated heterocycles. The third kappa shape index (κ3) is 4.02. The van der Waals surface area contributed by atoms with Crippen LogP contribution in [-0.2, 0) is 13.1 Å². The van der Waals surface area contributed by atoms with Crippen LogP contribution in [0.15, 0.2) is 22.7 Å². The van der Waals surface area contributed by atoms with Gasteiger partial charge < -0.3 is 10.6 Å². The molecule has 1 aromatic rings. The van der Waals surface area contributed by atoms with Crippen molar-refractivity contribution in [3.63, 3.8) is 0 Å². The maximum absolute atomic E-state index is 5.66. The molecule has 0 bridgehead atoms. The molecule has 1 aliphatic heterocycles. The molecular formula is C15H24BrN3. The number of nitrogens with two attached hydrogens (primary N) is 1. The van der Waals surface area contributed by atoms with Crippen LogP contribution in [0.1, 0.15) is 24.0 Å². The molecule has 1 aromatic carbocycles. The Bertz CT molecular complexity index is 412. The molecule has 0 saturated carbocycles. The minimum Gasteiger partial charge on any atom is -0.326 e. The van der Waals surface area contributed by atoms with E-state index in [1.165, 1.54) is 41.5 Å². The lowest BCUT2D eigenvalue weighted by Crippen LogP contribution is -2.41. The van der Waals surface area contributed by atoms with Crippen molar-refractivity contribution in [3.8, 4) is 0 Å². The predicted molar refractivity (Wildman–Crippen MR) is 84.0 cm³/mol. The smallest absolute Gasteiger partial charge is 0.0244 e.